The van der Waals surface area contributed by atoms with Gasteiger partial charge in [-0.05, 0) is 74.3 Å². The van der Waals surface area contributed by atoms with Gasteiger partial charge >= 0.3 is 0 Å². The van der Waals surface area contributed by atoms with E-state index in [1.165, 1.54) is 31.2 Å². The third kappa shape index (κ3) is 3.98. The fourth-order valence-corrected chi connectivity index (χ4v) is 4.53. The molecule has 3 aliphatic rings. The van der Waals surface area contributed by atoms with Gasteiger partial charge in [0, 0.05) is 24.7 Å². The topological polar surface area (TPSA) is 48.0 Å². The van der Waals surface area contributed by atoms with Crippen molar-refractivity contribution in [3.8, 4) is 17.2 Å². The normalized spacial score (nSPS) is 21.8. The van der Waals surface area contributed by atoms with Gasteiger partial charge in [-0.15, -0.1) is 0 Å². The monoisotopic (exact) mass is 407 g/mol. The third-order valence-corrected chi connectivity index (χ3v) is 6.42. The summed E-state index contributed by atoms with van der Waals surface area (Å²) < 4.78 is 17.7. The van der Waals surface area contributed by atoms with Gasteiger partial charge in [-0.25, -0.2) is 0 Å². The lowest BCUT2D eigenvalue weighted by Crippen LogP contribution is -2.32. The van der Waals surface area contributed by atoms with Crippen LogP contribution in [0.15, 0.2) is 42.5 Å². The molecule has 2 aliphatic carbocycles. The van der Waals surface area contributed by atoms with Gasteiger partial charge in [0.15, 0.2) is 17.6 Å². The van der Waals surface area contributed by atoms with Gasteiger partial charge in [-0.2, -0.15) is 0 Å². The molecule has 1 heterocycles. The van der Waals surface area contributed by atoms with E-state index in [-0.39, 0.29) is 12.0 Å². The molecule has 0 aromatic heterocycles. The molecule has 5 nitrogen and oxygen atoms in total. The molecule has 0 unspecified atom stereocenters. The largest absolute Gasteiger partial charge is 0.493 e. The minimum Gasteiger partial charge on any atom is -0.493 e. The predicted molar refractivity (Wildman–Crippen MR) is 116 cm³/mol. The van der Waals surface area contributed by atoms with Crippen molar-refractivity contribution in [2.75, 3.05) is 18.6 Å². The molecule has 5 heteroatoms. The van der Waals surface area contributed by atoms with E-state index in [1.807, 2.05) is 30.3 Å². The summed E-state index contributed by atoms with van der Waals surface area (Å²) in [4.78, 5) is 14.8. The van der Waals surface area contributed by atoms with Crippen molar-refractivity contribution in [3.63, 3.8) is 0 Å². The van der Waals surface area contributed by atoms with Crippen LogP contribution in [0.5, 0.6) is 17.2 Å². The van der Waals surface area contributed by atoms with E-state index >= 15 is 0 Å². The average molecular weight is 408 g/mol. The second kappa shape index (κ2) is 8.21. The number of hydrogen-bond donors (Lipinski definition) is 0. The second-order valence-electron chi connectivity index (χ2n) is 8.59. The first-order valence-electron chi connectivity index (χ1n) is 11.1. The summed E-state index contributed by atoms with van der Waals surface area (Å²) in [7, 11) is 1.64. The van der Waals surface area contributed by atoms with Crippen LogP contribution >= 0.6 is 0 Å². The van der Waals surface area contributed by atoms with Crippen LogP contribution in [-0.4, -0.2) is 31.8 Å². The maximum absolute atomic E-state index is 13.0. The number of nitrogens with zero attached hydrogens (tertiary/aromatic N) is 1. The van der Waals surface area contributed by atoms with Gasteiger partial charge in [0.2, 0.25) is 0 Å². The molecular weight excluding hydrogens is 378 g/mol. The van der Waals surface area contributed by atoms with Crippen molar-refractivity contribution in [2.24, 2.45) is 0 Å². The van der Waals surface area contributed by atoms with Crippen molar-refractivity contribution in [1.82, 2.24) is 0 Å². The zero-order valence-electron chi connectivity index (χ0n) is 17.5. The Labute approximate surface area is 177 Å². The molecule has 1 amide bonds. The second-order valence-corrected chi connectivity index (χ2v) is 8.59. The Balaban J connectivity index is 1.25. The lowest BCUT2D eigenvalue weighted by Gasteiger charge is -2.20. The summed E-state index contributed by atoms with van der Waals surface area (Å²) in [6.07, 6.45) is 7.68. The van der Waals surface area contributed by atoms with Gasteiger partial charge in [0.1, 0.15) is 5.75 Å². The number of hydrogen-bond acceptors (Lipinski definition) is 4. The number of ether oxygens (including phenoxy) is 3. The lowest BCUT2D eigenvalue weighted by molar-refractivity contribution is -0.122. The summed E-state index contributed by atoms with van der Waals surface area (Å²) >= 11 is 0. The number of rotatable bonds is 7. The summed E-state index contributed by atoms with van der Waals surface area (Å²) in [5, 5.41) is 0. The fourth-order valence-electron chi connectivity index (χ4n) is 4.53. The minimum absolute atomic E-state index is 0.00668. The van der Waals surface area contributed by atoms with E-state index in [1.54, 1.807) is 12.0 Å². The Kier molecular flexibility index (Phi) is 5.28. The van der Waals surface area contributed by atoms with E-state index in [0.29, 0.717) is 18.7 Å². The first-order chi connectivity index (χ1) is 14.7. The predicted octanol–water partition coefficient (Wildman–Crippen LogP) is 5.08. The van der Waals surface area contributed by atoms with Gasteiger partial charge < -0.3 is 19.1 Å². The molecule has 5 rings (SSSR count). The van der Waals surface area contributed by atoms with Crippen LogP contribution in [0.25, 0.3) is 0 Å². The molecular formula is C25H29NO4. The molecule has 3 fully saturated rings. The molecule has 2 aromatic carbocycles. The van der Waals surface area contributed by atoms with Crippen LogP contribution in [0.2, 0.25) is 0 Å². The van der Waals surface area contributed by atoms with Crippen molar-refractivity contribution < 1.29 is 19.0 Å². The quantitative estimate of drug-likeness (QED) is 0.642. The molecule has 0 bridgehead atoms. The Morgan fingerprint density at radius 2 is 1.63 bits per heavy atom. The van der Waals surface area contributed by atoms with Gasteiger partial charge in [-0.1, -0.05) is 12.1 Å². The molecule has 0 radical (unpaired) electrons. The minimum atomic E-state index is -0.447. The molecule has 1 atom stereocenters. The molecule has 30 heavy (non-hydrogen) atoms. The van der Waals surface area contributed by atoms with Crippen LogP contribution in [0.1, 0.15) is 56.4 Å². The average Bonchev–Trinajstić information content (AvgIpc) is 3.39. The zero-order valence-corrected chi connectivity index (χ0v) is 17.5. The fraction of sp³-hybridized carbons (Fsp3) is 0.480. The molecule has 0 spiro atoms. The molecule has 2 saturated carbocycles. The maximum atomic E-state index is 13.0. The summed E-state index contributed by atoms with van der Waals surface area (Å²) in [6.45, 7) is 0.635. The highest BCUT2D eigenvalue weighted by Crippen LogP contribution is 2.40. The standard InChI is InChI=1S/C25H29NO4/c1-28-24-16-19(10-13-22(24)29-20-4-2-3-5-20)26-15-14-23(25(26)27)30-21-11-8-18(9-12-21)17-6-7-17/h8-13,16-17,20,23H,2-7,14-15H2,1H3/t23-/m1/s1. The van der Waals surface area contributed by atoms with Crippen LogP contribution in [0, 0.1) is 0 Å². The van der Waals surface area contributed by atoms with E-state index in [0.717, 1.165) is 35.9 Å². The Morgan fingerprint density at radius 3 is 2.33 bits per heavy atom. The van der Waals surface area contributed by atoms with Gasteiger partial charge in [-0.3, -0.25) is 4.79 Å². The molecule has 2 aromatic rings. The number of amides is 1. The van der Waals surface area contributed by atoms with Crippen molar-refractivity contribution in [1.29, 1.82) is 0 Å². The first kappa shape index (κ1) is 19.3. The smallest absolute Gasteiger partial charge is 0.268 e. The zero-order chi connectivity index (χ0) is 20.5. The van der Waals surface area contributed by atoms with Crippen LogP contribution in [-0.2, 0) is 4.79 Å². The SMILES string of the molecule is COc1cc(N2CC[C@@H](Oc3ccc(C4CC4)cc3)C2=O)ccc1OC1CCCC1. The van der Waals surface area contributed by atoms with E-state index < -0.39 is 6.10 Å². The summed E-state index contributed by atoms with van der Waals surface area (Å²) in [6, 6.07) is 14.0. The summed E-state index contributed by atoms with van der Waals surface area (Å²) in [5.74, 6) is 2.90. The number of carbonyl (C=O) groups is 1. The molecule has 158 valence electrons. The number of methoxy groups -OCH3 is 1. The summed E-state index contributed by atoms with van der Waals surface area (Å²) in [5.41, 5.74) is 2.19. The number of carbonyl (C=O) groups excluding carboxylic acids is 1. The Hall–Kier alpha value is -2.69. The van der Waals surface area contributed by atoms with E-state index in [9.17, 15) is 4.79 Å². The highest BCUT2D eigenvalue weighted by atomic mass is 16.5. The highest BCUT2D eigenvalue weighted by molar-refractivity contribution is 5.99. The van der Waals surface area contributed by atoms with Crippen LogP contribution in [0.4, 0.5) is 5.69 Å². The molecule has 1 aliphatic heterocycles. The van der Waals surface area contributed by atoms with Crippen molar-refractivity contribution in [3.05, 3.63) is 48.0 Å². The Morgan fingerprint density at radius 1 is 0.867 bits per heavy atom. The van der Waals surface area contributed by atoms with Gasteiger partial charge in [0.05, 0.1) is 13.2 Å². The molecule has 1 saturated heterocycles. The van der Waals surface area contributed by atoms with Crippen molar-refractivity contribution in [2.45, 2.75) is 63.1 Å². The number of benzene rings is 2. The number of anilines is 1. The maximum Gasteiger partial charge on any atom is 0.268 e. The lowest BCUT2D eigenvalue weighted by atomic mass is 10.1. The van der Waals surface area contributed by atoms with Crippen LogP contribution < -0.4 is 19.1 Å². The van der Waals surface area contributed by atoms with Crippen molar-refractivity contribution >= 4 is 11.6 Å². The molecule has 0 N–H and O–H groups in total. The third-order valence-electron chi connectivity index (χ3n) is 6.42. The Bertz CT molecular complexity index is 900. The van der Waals surface area contributed by atoms with E-state index in [2.05, 4.69) is 12.1 Å². The van der Waals surface area contributed by atoms with Crippen LogP contribution in [0.3, 0.4) is 0 Å². The highest BCUT2D eigenvalue weighted by Gasteiger charge is 2.35. The van der Waals surface area contributed by atoms with Gasteiger partial charge in [0.25, 0.3) is 5.91 Å². The first-order valence-corrected chi connectivity index (χ1v) is 11.1. The van der Waals surface area contributed by atoms with E-state index in [4.69, 9.17) is 14.2 Å².